The Morgan fingerprint density at radius 1 is 1.36 bits per heavy atom. The molecule has 25 heavy (non-hydrogen) atoms. The Morgan fingerprint density at radius 2 is 2.00 bits per heavy atom. The number of aromatic nitrogens is 4. The van der Waals surface area contributed by atoms with E-state index < -0.39 is 5.54 Å². The van der Waals surface area contributed by atoms with Gasteiger partial charge in [0.25, 0.3) is 0 Å². The molecule has 0 saturated heterocycles. The number of nitriles is 1. The van der Waals surface area contributed by atoms with Crippen LogP contribution in [0.25, 0.3) is 5.57 Å². The lowest BCUT2D eigenvalue weighted by Gasteiger charge is -2.19. The van der Waals surface area contributed by atoms with Crippen molar-refractivity contribution in [1.82, 2.24) is 20.0 Å². The molecule has 132 valence electrons. The third-order valence-corrected chi connectivity index (χ3v) is 3.56. The highest BCUT2D eigenvalue weighted by Crippen LogP contribution is 2.38. The zero-order valence-electron chi connectivity index (χ0n) is 15.4. The summed E-state index contributed by atoms with van der Waals surface area (Å²) < 4.78 is 1.48. The Hall–Kier alpha value is -2.95. The van der Waals surface area contributed by atoms with E-state index in [9.17, 15) is 10.4 Å². The molecule has 0 radical (unpaired) electrons. The number of H-pyrrole nitrogens is 1. The molecule has 0 bridgehead atoms. The van der Waals surface area contributed by atoms with Gasteiger partial charge in [-0.25, -0.2) is 4.68 Å². The zero-order valence-corrected chi connectivity index (χ0v) is 15.4. The second-order valence-electron chi connectivity index (χ2n) is 7.18. The van der Waals surface area contributed by atoms with Gasteiger partial charge in [-0.3, -0.25) is 5.10 Å². The van der Waals surface area contributed by atoms with Gasteiger partial charge in [0.05, 0.1) is 11.2 Å². The van der Waals surface area contributed by atoms with Gasteiger partial charge in [-0.05, 0) is 39.2 Å². The molecule has 0 fully saturated rings. The predicted octanol–water partition coefficient (Wildman–Crippen LogP) is 4.51. The van der Waals surface area contributed by atoms with Crippen molar-refractivity contribution in [2.45, 2.75) is 53.0 Å². The van der Waals surface area contributed by atoms with Gasteiger partial charge in [0.15, 0.2) is 11.5 Å². The first-order valence-corrected chi connectivity index (χ1v) is 7.96. The molecule has 0 atom stereocenters. The van der Waals surface area contributed by atoms with Gasteiger partial charge in [-0.15, -0.1) is 10.2 Å². The van der Waals surface area contributed by atoms with Crippen LogP contribution in [0.15, 0.2) is 16.8 Å². The van der Waals surface area contributed by atoms with E-state index in [1.54, 1.807) is 6.92 Å². The molecule has 2 heterocycles. The molecule has 2 rings (SSSR count). The number of aromatic hydroxyl groups is 1. The highest BCUT2D eigenvalue weighted by molar-refractivity contribution is 5.72. The molecule has 0 aliphatic heterocycles. The largest absolute Gasteiger partial charge is 0.492 e. The van der Waals surface area contributed by atoms with Crippen molar-refractivity contribution in [3.63, 3.8) is 0 Å². The fourth-order valence-electron chi connectivity index (χ4n) is 2.29. The number of allylic oxidation sites excluding steroid dienone is 1. The van der Waals surface area contributed by atoms with Crippen LogP contribution in [-0.4, -0.2) is 25.1 Å². The molecule has 0 spiro atoms. The smallest absolute Gasteiger partial charge is 0.239 e. The van der Waals surface area contributed by atoms with E-state index in [0.29, 0.717) is 22.5 Å². The van der Waals surface area contributed by atoms with Crippen molar-refractivity contribution in [1.29, 1.82) is 5.26 Å². The van der Waals surface area contributed by atoms with Crippen LogP contribution in [-0.2, 0) is 5.54 Å². The van der Waals surface area contributed by atoms with E-state index >= 15 is 0 Å². The molecule has 0 unspecified atom stereocenters. The summed E-state index contributed by atoms with van der Waals surface area (Å²) in [4.78, 5) is 0. The van der Waals surface area contributed by atoms with Crippen LogP contribution in [0.2, 0.25) is 0 Å². The SMILES string of the molecule is C=C(C)c1nn(C(C)(C)C)c(O)c1/N=N/c1[nH]nc(C(C)C)c1C#N. The van der Waals surface area contributed by atoms with E-state index in [-0.39, 0.29) is 23.3 Å². The second kappa shape index (κ2) is 6.51. The van der Waals surface area contributed by atoms with Crippen molar-refractivity contribution in [2.75, 3.05) is 0 Å². The Labute approximate surface area is 146 Å². The fourth-order valence-corrected chi connectivity index (χ4v) is 2.29. The highest BCUT2D eigenvalue weighted by atomic mass is 16.3. The Bertz CT molecular complexity index is 872. The lowest BCUT2D eigenvalue weighted by molar-refractivity contribution is 0.295. The van der Waals surface area contributed by atoms with Crippen LogP contribution >= 0.6 is 0 Å². The number of rotatable bonds is 4. The maximum absolute atomic E-state index is 10.5. The normalized spacial score (nSPS) is 12.1. The lowest BCUT2D eigenvalue weighted by Crippen LogP contribution is -2.22. The van der Waals surface area contributed by atoms with Crippen molar-refractivity contribution >= 4 is 17.1 Å². The summed E-state index contributed by atoms with van der Waals surface area (Å²) >= 11 is 0. The topological polar surface area (TPSA) is 115 Å². The number of aromatic amines is 1. The summed E-state index contributed by atoms with van der Waals surface area (Å²) in [6.07, 6.45) is 0. The maximum atomic E-state index is 10.5. The van der Waals surface area contributed by atoms with Crippen LogP contribution < -0.4 is 0 Å². The minimum absolute atomic E-state index is 0.0814. The van der Waals surface area contributed by atoms with E-state index in [1.165, 1.54) is 4.68 Å². The molecule has 0 aliphatic rings. The average molecular weight is 341 g/mol. The summed E-state index contributed by atoms with van der Waals surface area (Å²) in [6, 6.07) is 2.09. The van der Waals surface area contributed by atoms with E-state index in [2.05, 4.69) is 38.2 Å². The van der Waals surface area contributed by atoms with Crippen molar-refractivity contribution in [3.8, 4) is 11.9 Å². The molecule has 2 aromatic rings. The van der Waals surface area contributed by atoms with Crippen molar-refractivity contribution in [2.24, 2.45) is 10.2 Å². The summed E-state index contributed by atoms with van der Waals surface area (Å²) in [5.41, 5.74) is 1.87. The average Bonchev–Trinajstić information content (AvgIpc) is 3.05. The molecule has 0 saturated carbocycles. The van der Waals surface area contributed by atoms with Gasteiger partial charge < -0.3 is 5.11 Å². The Morgan fingerprint density at radius 3 is 2.48 bits per heavy atom. The number of hydrogen-bond donors (Lipinski definition) is 2. The van der Waals surface area contributed by atoms with Gasteiger partial charge in [0.1, 0.15) is 17.3 Å². The summed E-state index contributed by atoms with van der Waals surface area (Å²) in [6.45, 7) is 15.3. The van der Waals surface area contributed by atoms with Crippen LogP contribution in [0, 0.1) is 11.3 Å². The molecule has 2 N–H and O–H groups in total. The lowest BCUT2D eigenvalue weighted by atomic mass is 10.1. The molecule has 2 aromatic heterocycles. The third-order valence-electron chi connectivity index (χ3n) is 3.56. The third kappa shape index (κ3) is 3.45. The first-order chi connectivity index (χ1) is 11.6. The molecule has 8 heteroatoms. The summed E-state index contributed by atoms with van der Waals surface area (Å²) in [5.74, 6) is 0.232. The molecule has 0 aromatic carbocycles. The predicted molar refractivity (Wildman–Crippen MR) is 95.2 cm³/mol. The monoisotopic (exact) mass is 341 g/mol. The standard InChI is InChI=1S/C17H23N7O/c1-9(2)12-11(8-18)15(21-19-12)22-20-14-13(10(3)4)23-24(16(14)25)17(5,6)7/h9,25H,3H2,1-2,4-7H3,(H,19,21)/b22-20+. The summed E-state index contributed by atoms with van der Waals surface area (Å²) in [5, 5.41) is 39.3. The number of azo groups is 1. The van der Waals surface area contributed by atoms with E-state index in [0.717, 1.165) is 0 Å². The molecular formula is C17H23N7O. The van der Waals surface area contributed by atoms with E-state index in [1.807, 2.05) is 34.6 Å². The van der Waals surface area contributed by atoms with Crippen LogP contribution in [0.3, 0.4) is 0 Å². The number of nitrogens with zero attached hydrogens (tertiary/aromatic N) is 6. The van der Waals surface area contributed by atoms with Gasteiger partial charge in [-0.2, -0.15) is 15.5 Å². The first-order valence-electron chi connectivity index (χ1n) is 7.96. The van der Waals surface area contributed by atoms with Crippen LogP contribution in [0.1, 0.15) is 64.4 Å². The Balaban J connectivity index is 2.54. The van der Waals surface area contributed by atoms with Gasteiger partial charge >= 0.3 is 0 Å². The number of hydrogen-bond acceptors (Lipinski definition) is 6. The Kier molecular flexibility index (Phi) is 4.79. The maximum Gasteiger partial charge on any atom is 0.239 e. The van der Waals surface area contributed by atoms with Crippen molar-refractivity contribution in [3.05, 3.63) is 23.5 Å². The highest BCUT2D eigenvalue weighted by Gasteiger charge is 2.25. The van der Waals surface area contributed by atoms with Crippen LogP contribution in [0.5, 0.6) is 5.88 Å². The zero-order chi connectivity index (χ0) is 18.9. The first kappa shape index (κ1) is 18.4. The second-order valence-corrected chi connectivity index (χ2v) is 7.18. The van der Waals surface area contributed by atoms with Gasteiger partial charge in [0, 0.05) is 0 Å². The molecular weight excluding hydrogens is 318 g/mol. The van der Waals surface area contributed by atoms with Crippen LogP contribution in [0.4, 0.5) is 11.5 Å². The number of nitrogens with one attached hydrogen (secondary N) is 1. The quantitative estimate of drug-likeness (QED) is 0.796. The molecule has 0 aliphatic carbocycles. The van der Waals surface area contributed by atoms with Crippen molar-refractivity contribution < 1.29 is 5.11 Å². The molecule has 8 nitrogen and oxygen atoms in total. The summed E-state index contributed by atoms with van der Waals surface area (Å²) in [7, 11) is 0. The fraction of sp³-hybridized carbons (Fsp3) is 0.471. The minimum atomic E-state index is -0.432. The van der Waals surface area contributed by atoms with Gasteiger partial charge in [0.2, 0.25) is 5.88 Å². The molecule has 0 amide bonds. The van der Waals surface area contributed by atoms with Gasteiger partial charge in [-0.1, -0.05) is 20.4 Å². The minimum Gasteiger partial charge on any atom is -0.492 e. The van der Waals surface area contributed by atoms with E-state index in [4.69, 9.17) is 0 Å².